The Balaban J connectivity index is 2.10. The molecular formula is C22H22O2S. The van der Waals surface area contributed by atoms with Gasteiger partial charge in [-0.3, -0.25) is 9.00 Å². The summed E-state index contributed by atoms with van der Waals surface area (Å²) in [7, 11) is -0.967. The van der Waals surface area contributed by atoms with E-state index >= 15 is 0 Å². The van der Waals surface area contributed by atoms with Crippen LogP contribution in [0, 0.1) is 6.92 Å². The van der Waals surface area contributed by atoms with Gasteiger partial charge in [0, 0.05) is 28.4 Å². The number of hydrogen-bond donors (Lipinski definition) is 0. The summed E-state index contributed by atoms with van der Waals surface area (Å²) in [4.78, 5) is 12.6. The van der Waals surface area contributed by atoms with E-state index in [9.17, 15) is 9.00 Å². The Morgan fingerprint density at radius 1 is 1.04 bits per heavy atom. The Morgan fingerprint density at radius 2 is 1.72 bits per heavy atom. The van der Waals surface area contributed by atoms with E-state index in [0.717, 1.165) is 21.6 Å². The molecule has 1 atom stereocenters. The SMILES string of the molecule is CC(=O)CC1=C(C)/C(=C/c2ccc(S(C)=O)cc2)c2ccc(C)cc21. The molecule has 1 aliphatic rings. The lowest BCUT2D eigenvalue weighted by Gasteiger charge is -2.06. The molecule has 1 unspecified atom stereocenters. The summed E-state index contributed by atoms with van der Waals surface area (Å²) in [6, 6.07) is 14.2. The van der Waals surface area contributed by atoms with Crippen LogP contribution in [0.5, 0.6) is 0 Å². The van der Waals surface area contributed by atoms with Gasteiger partial charge in [-0.05, 0) is 72.4 Å². The highest BCUT2D eigenvalue weighted by molar-refractivity contribution is 7.84. The van der Waals surface area contributed by atoms with Gasteiger partial charge in [0.2, 0.25) is 0 Å². The molecule has 3 rings (SSSR count). The van der Waals surface area contributed by atoms with Crippen LogP contribution in [0.25, 0.3) is 17.2 Å². The summed E-state index contributed by atoms with van der Waals surface area (Å²) < 4.78 is 11.6. The van der Waals surface area contributed by atoms with Gasteiger partial charge in [-0.2, -0.15) is 0 Å². The third-order valence-corrected chi connectivity index (χ3v) is 5.53. The van der Waals surface area contributed by atoms with E-state index in [4.69, 9.17) is 0 Å². The minimum atomic E-state index is -0.967. The number of ketones is 1. The van der Waals surface area contributed by atoms with Crippen molar-refractivity contribution < 1.29 is 9.00 Å². The highest BCUT2D eigenvalue weighted by Crippen LogP contribution is 2.43. The molecule has 0 heterocycles. The van der Waals surface area contributed by atoms with Gasteiger partial charge in [0.25, 0.3) is 0 Å². The molecule has 3 heteroatoms. The number of benzene rings is 2. The molecule has 2 aromatic carbocycles. The first-order valence-corrected chi connectivity index (χ1v) is 9.89. The molecular weight excluding hydrogens is 328 g/mol. The van der Waals surface area contributed by atoms with Crippen LogP contribution in [0.1, 0.15) is 42.5 Å². The summed E-state index contributed by atoms with van der Waals surface area (Å²) >= 11 is 0. The van der Waals surface area contributed by atoms with Crippen LogP contribution in [0.4, 0.5) is 0 Å². The maximum absolute atomic E-state index is 11.7. The van der Waals surface area contributed by atoms with E-state index in [1.165, 1.54) is 22.3 Å². The van der Waals surface area contributed by atoms with Crippen molar-refractivity contribution in [1.29, 1.82) is 0 Å². The zero-order valence-electron chi connectivity index (χ0n) is 15.1. The van der Waals surface area contributed by atoms with Crippen molar-refractivity contribution in [1.82, 2.24) is 0 Å². The molecule has 0 fully saturated rings. The second-order valence-corrected chi connectivity index (χ2v) is 7.99. The van der Waals surface area contributed by atoms with Crippen molar-refractivity contribution in [2.45, 2.75) is 32.1 Å². The van der Waals surface area contributed by atoms with Gasteiger partial charge in [-0.1, -0.05) is 35.9 Å². The molecule has 0 radical (unpaired) electrons. The van der Waals surface area contributed by atoms with Gasteiger partial charge in [0.15, 0.2) is 0 Å². The number of allylic oxidation sites excluding steroid dienone is 3. The molecule has 0 amide bonds. The van der Waals surface area contributed by atoms with E-state index in [1.807, 2.05) is 24.3 Å². The van der Waals surface area contributed by atoms with Gasteiger partial charge < -0.3 is 0 Å². The number of fused-ring (bicyclic) bond motifs is 1. The molecule has 0 bridgehead atoms. The first-order chi connectivity index (χ1) is 11.9. The molecule has 0 N–H and O–H groups in total. The average molecular weight is 350 g/mol. The Labute approximate surface area is 151 Å². The Bertz CT molecular complexity index is 931. The fourth-order valence-electron chi connectivity index (χ4n) is 3.29. The molecule has 1 aliphatic carbocycles. The monoisotopic (exact) mass is 350 g/mol. The average Bonchev–Trinajstić information content (AvgIpc) is 2.80. The molecule has 0 aliphatic heterocycles. The molecule has 2 aromatic rings. The second kappa shape index (κ2) is 6.93. The van der Waals surface area contributed by atoms with Crippen LogP contribution in [0.15, 0.2) is 52.9 Å². The van der Waals surface area contributed by atoms with E-state index < -0.39 is 10.8 Å². The molecule has 2 nitrogen and oxygen atoms in total. The molecule has 0 spiro atoms. The van der Waals surface area contributed by atoms with Gasteiger partial charge in [-0.25, -0.2) is 0 Å². The third-order valence-electron chi connectivity index (χ3n) is 4.60. The second-order valence-electron chi connectivity index (χ2n) is 6.61. The minimum absolute atomic E-state index is 0.179. The summed E-state index contributed by atoms with van der Waals surface area (Å²) in [5.41, 5.74) is 8.08. The van der Waals surface area contributed by atoms with Crippen molar-refractivity contribution in [2.75, 3.05) is 6.26 Å². The zero-order chi connectivity index (χ0) is 18.1. The highest BCUT2D eigenvalue weighted by atomic mass is 32.2. The fourth-order valence-corrected chi connectivity index (χ4v) is 3.81. The predicted octanol–water partition coefficient (Wildman–Crippen LogP) is 5.04. The predicted molar refractivity (Wildman–Crippen MR) is 106 cm³/mol. The lowest BCUT2D eigenvalue weighted by atomic mass is 9.98. The Hall–Kier alpha value is -2.26. The van der Waals surface area contributed by atoms with E-state index in [0.29, 0.717) is 6.42 Å². The van der Waals surface area contributed by atoms with Gasteiger partial charge in [0.05, 0.1) is 0 Å². The number of carbonyl (C=O) groups is 1. The van der Waals surface area contributed by atoms with Gasteiger partial charge >= 0.3 is 0 Å². The third kappa shape index (κ3) is 3.57. The maximum Gasteiger partial charge on any atom is 0.134 e. The molecule has 0 saturated carbocycles. The number of Topliss-reactive ketones (excluding diaryl/α,β-unsaturated/α-hetero) is 1. The van der Waals surface area contributed by atoms with Gasteiger partial charge in [0.1, 0.15) is 5.78 Å². The smallest absolute Gasteiger partial charge is 0.134 e. The Kier molecular flexibility index (Phi) is 4.87. The van der Waals surface area contributed by atoms with Crippen LogP contribution in [-0.4, -0.2) is 16.2 Å². The Morgan fingerprint density at radius 3 is 2.32 bits per heavy atom. The molecule has 0 aromatic heterocycles. The van der Waals surface area contributed by atoms with E-state index in [2.05, 4.69) is 38.1 Å². The van der Waals surface area contributed by atoms with Crippen LogP contribution >= 0.6 is 0 Å². The zero-order valence-corrected chi connectivity index (χ0v) is 15.9. The highest BCUT2D eigenvalue weighted by Gasteiger charge is 2.24. The number of carbonyl (C=O) groups excluding carboxylic acids is 1. The molecule has 0 saturated heterocycles. The number of hydrogen-bond acceptors (Lipinski definition) is 2. The van der Waals surface area contributed by atoms with E-state index in [-0.39, 0.29) is 5.78 Å². The number of rotatable bonds is 4. The topological polar surface area (TPSA) is 34.1 Å². The van der Waals surface area contributed by atoms with Crippen molar-refractivity contribution in [3.05, 3.63) is 70.3 Å². The summed E-state index contributed by atoms with van der Waals surface area (Å²) in [6.07, 6.45) is 4.30. The first-order valence-electron chi connectivity index (χ1n) is 8.33. The van der Waals surface area contributed by atoms with Crippen LogP contribution < -0.4 is 0 Å². The summed E-state index contributed by atoms with van der Waals surface area (Å²) in [6.45, 7) is 5.81. The van der Waals surface area contributed by atoms with Crippen molar-refractivity contribution in [2.24, 2.45) is 0 Å². The normalized spacial score (nSPS) is 16.2. The van der Waals surface area contributed by atoms with E-state index in [1.54, 1.807) is 13.2 Å². The molecule has 128 valence electrons. The van der Waals surface area contributed by atoms with Gasteiger partial charge in [-0.15, -0.1) is 0 Å². The summed E-state index contributed by atoms with van der Waals surface area (Å²) in [5, 5.41) is 0. The van der Waals surface area contributed by atoms with Crippen molar-refractivity contribution in [3.8, 4) is 0 Å². The minimum Gasteiger partial charge on any atom is -0.300 e. The van der Waals surface area contributed by atoms with Crippen molar-refractivity contribution in [3.63, 3.8) is 0 Å². The largest absolute Gasteiger partial charge is 0.300 e. The fraction of sp³-hybridized carbons (Fsp3) is 0.227. The maximum atomic E-state index is 11.7. The summed E-state index contributed by atoms with van der Waals surface area (Å²) in [5.74, 6) is 0.179. The van der Waals surface area contributed by atoms with Crippen LogP contribution in [-0.2, 0) is 15.6 Å². The number of aryl methyl sites for hydroxylation is 1. The first kappa shape index (κ1) is 17.6. The van der Waals surface area contributed by atoms with Crippen molar-refractivity contribution >= 4 is 33.8 Å². The standard InChI is InChI=1S/C22H22O2S/c1-14-5-10-19-21(13-17-6-8-18(9-7-17)25(4)24)16(3)20(12-15(2)23)22(19)11-14/h5-11,13H,12H2,1-4H3/b21-13-. The lowest BCUT2D eigenvalue weighted by Crippen LogP contribution is -1.93. The quantitative estimate of drug-likeness (QED) is 0.774. The lowest BCUT2D eigenvalue weighted by molar-refractivity contribution is -0.116. The van der Waals surface area contributed by atoms with Crippen LogP contribution in [0.3, 0.4) is 0 Å². The van der Waals surface area contributed by atoms with Crippen LogP contribution in [0.2, 0.25) is 0 Å². The molecule has 25 heavy (non-hydrogen) atoms.